The quantitative estimate of drug-likeness (QED) is 0.0446. The SMILES string of the molecule is Cc1ccc2nc(NC(=O)c3cc(Cl)cc(C)c3O)sc2c1.Cc1ccc2nc(NC(=O)c3cc(Cl)cc(CCN(C)C)c3O)sc2c1.Cc1ccc2nc(NC(=O)c3cc(Cl)cc(CCNS(C)(=O)=O)c3O)sc2c1.Cc1ccc2nc(NC(=O)c3cc(Cl)ccc3OC(=O)N3CCOCC3)sc2c1. The van der Waals surface area contributed by atoms with Crippen LogP contribution in [-0.4, -0.2) is 143 Å². The number of amides is 5. The van der Waals surface area contributed by atoms with E-state index in [-0.39, 0.29) is 63.2 Å². The highest BCUT2D eigenvalue weighted by molar-refractivity contribution is 7.88. The van der Waals surface area contributed by atoms with Crippen molar-refractivity contribution in [3.05, 3.63) is 209 Å². The lowest BCUT2D eigenvalue weighted by molar-refractivity contribution is 0.0415. The van der Waals surface area contributed by atoms with E-state index in [1.165, 1.54) is 86.6 Å². The average Bonchev–Trinajstić information content (AvgIpc) is 1.78. The van der Waals surface area contributed by atoms with Crippen LogP contribution < -0.4 is 30.7 Å². The number of thiazole rings is 4. The summed E-state index contributed by atoms with van der Waals surface area (Å²) in [4.78, 5) is 84.0. The van der Waals surface area contributed by atoms with Crippen LogP contribution in [0.3, 0.4) is 0 Å². The largest absolute Gasteiger partial charge is 0.507 e. The molecule has 5 amide bonds. The number of likely N-dealkylation sites (N-methyl/N-ethyl adjacent to an activating group) is 1. The Morgan fingerprint density at radius 3 is 1.25 bits per heavy atom. The van der Waals surface area contributed by atoms with Crippen molar-refractivity contribution in [2.24, 2.45) is 0 Å². The van der Waals surface area contributed by atoms with Gasteiger partial charge in [-0.05, 0) is 204 Å². The van der Waals surface area contributed by atoms with Crippen LogP contribution in [0, 0.1) is 34.6 Å². The summed E-state index contributed by atoms with van der Waals surface area (Å²) < 4.78 is 39.3. The summed E-state index contributed by atoms with van der Waals surface area (Å²) in [5, 5.41) is 45.2. The van der Waals surface area contributed by atoms with Crippen LogP contribution in [0.5, 0.6) is 23.0 Å². The first-order valence-electron chi connectivity index (χ1n) is 32.1. The minimum atomic E-state index is -3.35. The minimum absolute atomic E-state index is 0.00251. The Hall–Kier alpha value is -9.14. The molecule has 546 valence electrons. The first-order valence-corrected chi connectivity index (χ1v) is 38.8. The standard InChI is InChI=1S/C20H18ClN3O4S.C19H20ClN3O2S.C18H18ClN3O4S2.C16H13ClN2O2S/c1-12-2-4-15-17(10-12)29-19(22-15)23-18(25)14-11-13(21)3-5-16(14)28-20(26)24-6-8-27-9-7-24;1-11-4-5-15-16(8-11)26-19(21-15)22-18(25)14-10-13(20)9-12(17(14)24)6-7-23(2)3;1-10-3-4-14-15(7-10)27-18(21-14)22-17(24)13-9-12(19)8-11(16(13)23)5-6-20-28(2,25)26;1-8-3-4-12-13(5-8)22-16(18-12)19-15(21)11-7-10(17)6-9(2)14(11)20/h2-5,10-11H,6-9H2,1H3,(H,22,23,25);4-5,8-10,24H,6-7H2,1-3H3,(H,21,22,25);3-4,7-9,20,23H,5-6H2,1-2H3,(H,21,22,24);3-7,20H,1-2H3,(H,18,19,21). The first kappa shape index (κ1) is 78.4. The molecule has 0 spiro atoms. The van der Waals surface area contributed by atoms with Crippen LogP contribution in [0.25, 0.3) is 40.9 Å². The van der Waals surface area contributed by atoms with Crippen molar-refractivity contribution >= 4 is 193 Å². The molecule has 1 fully saturated rings. The van der Waals surface area contributed by atoms with Gasteiger partial charge in [0.2, 0.25) is 10.0 Å². The third kappa shape index (κ3) is 21.3. The molecule has 1 saturated heterocycles. The molecule has 0 bridgehead atoms. The van der Waals surface area contributed by atoms with Gasteiger partial charge in [-0.25, -0.2) is 37.9 Å². The van der Waals surface area contributed by atoms with E-state index in [4.69, 9.17) is 55.9 Å². The fourth-order valence-electron chi connectivity index (χ4n) is 10.3. The van der Waals surface area contributed by atoms with Crippen molar-refractivity contribution in [3.8, 4) is 23.0 Å². The third-order valence-corrected chi connectivity index (χ3v) is 21.0. The zero-order valence-electron chi connectivity index (χ0n) is 57.5. The number of hydrogen-bond donors (Lipinski definition) is 8. The van der Waals surface area contributed by atoms with Crippen molar-refractivity contribution in [2.75, 3.05) is 81.0 Å². The van der Waals surface area contributed by atoms with Gasteiger partial charge in [-0.3, -0.25) is 40.4 Å². The molecule has 105 heavy (non-hydrogen) atoms. The number of rotatable bonds is 16. The highest BCUT2D eigenvalue weighted by atomic mass is 35.5. The molecule has 8 N–H and O–H groups in total. The number of benzene rings is 8. The summed E-state index contributed by atoms with van der Waals surface area (Å²) in [6, 6.07) is 37.1. The molecule has 32 heteroatoms. The summed E-state index contributed by atoms with van der Waals surface area (Å²) in [6.07, 6.45) is 1.30. The van der Waals surface area contributed by atoms with Crippen LogP contribution in [-0.2, 0) is 27.6 Å². The Balaban J connectivity index is 0.000000151. The zero-order chi connectivity index (χ0) is 75.6. The van der Waals surface area contributed by atoms with E-state index in [0.717, 1.165) is 75.9 Å². The Morgan fingerprint density at radius 1 is 0.495 bits per heavy atom. The van der Waals surface area contributed by atoms with E-state index < -0.39 is 39.7 Å². The fourth-order valence-corrected chi connectivity index (χ4v) is 15.6. The van der Waals surface area contributed by atoms with Crippen LogP contribution in [0.15, 0.2) is 127 Å². The highest BCUT2D eigenvalue weighted by Crippen LogP contribution is 2.36. The van der Waals surface area contributed by atoms with Crippen LogP contribution in [0.2, 0.25) is 20.1 Å². The topological polar surface area (TPSA) is 317 Å². The normalized spacial score (nSPS) is 12.1. The average molecular weight is 1590 g/mol. The molecule has 5 heterocycles. The maximum Gasteiger partial charge on any atom is 0.415 e. The Kier molecular flexibility index (Phi) is 26.0. The summed E-state index contributed by atoms with van der Waals surface area (Å²) >= 11 is 29.7. The van der Waals surface area contributed by atoms with Gasteiger partial charge < -0.3 is 34.6 Å². The van der Waals surface area contributed by atoms with Gasteiger partial charge in [0.25, 0.3) is 23.6 Å². The Morgan fingerprint density at radius 2 is 0.857 bits per heavy atom. The van der Waals surface area contributed by atoms with Gasteiger partial charge in [-0.2, -0.15) is 0 Å². The molecule has 12 aromatic rings. The maximum absolute atomic E-state index is 12.9. The number of carbonyl (C=O) groups excluding carboxylic acids is 5. The molecule has 23 nitrogen and oxygen atoms in total. The fraction of sp³-hybridized carbons (Fsp3) is 0.219. The van der Waals surface area contributed by atoms with Crippen molar-refractivity contribution in [2.45, 2.75) is 47.5 Å². The molecular formula is C73H69Cl4N11O12S5. The number of carbonyl (C=O) groups is 5. The van der Waals surface area contributed by atoms with E-state index in [9.17, 15) is 47.7 Å². The van der Waals surface area contributed by atoms with E-state index in [1.54, 1.807) is 25.1 Å². The number of halogens is 4. The van der Waals surface area contributed by atoms with Crippen LogP contribution in [0.4, 0.5) is 25.3 Å². The molecule has 13 rings (SSSR count). The number of nitrogens with zero attached hydrogens (tertiary/aromatic N) is 6. The lowest BCUT2D eigenvalue weighted by atomic mass is 10.1. The first-order chi connectivity index (χ1) is 49.9. The number of aromatic hydroxyl groups is 3. The number of phenols is 3. The van der Waals surface area contributed by atoms with Gasteiger partial charge in [-0.15, -0.1) is 0 Å². The number of fused-ring (bicyclic) bond motifs is 4. The van der Waals surface area contributed by atoms with Crippen molar-refractivity contribution in [3.63, 3.8) is 0 Å². The number of aryl methyl sites for hydroxylation is 5. The Labute approximate surface area is 639 Å². The summed E-state index contributed by atoms with van der Waals surface area (Å²) in [7, 11) is 0.546. The predicted octanol–water partition coefficient (Wildman–Crippen LogP) is 16.5. The van der Waals surface area contributed by atoms with E-state index >= 15 is 0 Å². The molecule has 1 aliphatic heterocycles. The lowest BCUT2D eigenvalue weighted by Gasteiger charge is -2.26. The van der Waals surface area contributed by atoms with Crippen molar-refractivity contribution < 1.29 is 57.2 Å². The Bertz CT molecular complexity index is 5410. The molecule has 0 unspecified atom stereocenters. The number of nitrogens with one attached hydrogen (secondary N) is 5. The van der Waals surface area contributed by atoms with Gasteiger partial charge in [0.05, 0.1) is 82.6 Å². The molecule has 8 aromatic carbocycles. The number of hydrogen-bond acceptors (Lipinski definition) is 21. The number of aromatic nitrogens is 4. The number of morpholine rings is 1. The second-order valence-corrected chi connectivity index (χ2v) is 32.1. The number of ether oxygens (including phenoxy) is 2. The second kappa shape index (κ2) is 34.8. The summed E-state index contributed by atoms with van der Waals surface area (Å²) in [5.41, 5.74) is 9.75. The predicted molar refractivity (Wildman–Crippen MR) is 422 cm³/mol. The maximum atomic E-state index is 12.9. The second-order valence-electron chi connectivity index (χ2n) is 24.4. The highest BCUT2D eigenvalue weighted by Gasteiger charge is 2.25. The molecule has 0 radical (unpaired) electrons. The van der Waals surface area contributed by atoms with Gasteiger partial charge in [0.1, 0.15) is 23.0 Å². The molecule has 0 saturated carbocycles. The third-order valence-electron chi connectivity index (χ3n) is 15.6. The molecular weight excluding hydrogens is 1530 g/mol. The van der Waals surface area contributed by atoms with Crippen LogP contribution >= 0.6 is 91.8 Å². The van der Waals surface area contributed by atoms with Gasteiger partial charge in [0.15, 0.2) is 20.5 Å². The van der Waals surface area contributed by atoms with E-state index in [1.807, 2.05) is 119 Å². The summed E-state index contributed by atoms with van der Waals surface area (Å²) in [6.45, 7) is 12.3. The summed E-state index contributed by atoms with van der Waals surface area (Å²) in [5.74, 6) is -2.06. The van der Waals surface area contributed by atoms with Crippen molar-refractivity contribution in [1.29, 1.82) is 0 Å². The van der Waals surface area contributed by atoms with Gasteiger partial charge >= 0.3 is 6.09 Å². The molecule has 0 atom stereocenters. The monoisotopic (exact) mass is 1590 g/mol. The number of sulfonamides is 1. The van der Waals surface area contributed by atoms with E-state index in [2.05, 4.69) is 45.9 Å². The number of phenolic OH excluding ortho intramolecular Hbond substituents is 3. The van der Waals surface area contributed by atoms with Crippen molar-refractivity contribution in [1.82, 2.24) is 34.5 Å². The van der Waals surface area contributed by atoms with Gasteiger partial charge in [-0.1, -0.05) is 116 Å². The number of anilines is 4. The molecule has 1 aliphatic rings. The van der Waals surface area contributed by atoms with E-state index in [0.29, 0.717) is 85.0 Å². The molecule has 0 aliphatic carbocycles. The molecule has 4 aromatic heterocycles. The smallest absolute Gasteiger partial charge is 0.415 e. The zero-order valence-corrected chi connectivity index (χ0v) is 64.6. The minimum Gasteiger partial charge on any atom is -0.507 e. The van der Waals surface area contributed by atoms with Crippen LogP contribution in [0.1, 0.15) is 80.4 Å². The lowest BCUT2D eigenvalue weighted by Crippen LogP contribution is -2.42. The van der Waals surface area contributed by atoms with Gasteiger partial charge in [0, 0.05) is 46.3 Å².